The Labute approximate surface area is 409 Å². The van der Waals surface area contributed by atoms with E-state index in [-0.39, 0.29) is 50.6 Å². The average Bonchev–Trinajstić information content (AvgIpc) is 3.95. The van der Waals surface area contributed by atoms with Crippen molar-refractivity contribution in [1.29, 1.82) is 0 Å². The number of aromatic nitrogens is 2. The smallest absolute Gasteiger partial charge is 0.135 e. The van der Waals surface area contributed by atoms with Gasteiger partial charge in [0.2, 0.25) is 0 Å². The molecule has 0 atom stereocenters. The minimum Gasteiger partial charge on any atom is -0.509 e. The summed E-state index contributed by atoms with van der Waals surface area (Å²) in [6.45, 7) is 4.05. The fourth-order valence-electron chi connectivity index (χ4n) is 9.19. The van der Waals surface area contributed by atoms with E-state index >= 15 is 0 Å². The van der Waals surface area contributed by atoms with Crippen LogP contribution >= 0.6 is 0 Å². The van der Waals surface area contributed by atoms with Crippen molar-refractivity contribution in [1.82, 2.24) is 9.55 Å². The first-order chi connectivity index (χ1) is 33.9. The molecule has 324 valence electrons. The number of aryl methyl sites for hydroxylation is 1. The zero-order valence-corrected chi connectivity index (χ0v) is 38.5. The SMILES string of the molecule is [2H]c1c(Oc2[c-]c3c(cc2)c2cc(-c4ccccc4)ccc2n3-c2cc(C)c(-c3ccccc3)cn2)[c-]c(N2[CH-]N(c3c(-c4ccccc4)cccc3-c3ccccc3)c3ccccc32)c([2H])c1[2H].[Pt]. The van der Waals surface area contributed by atoms with Gasteiger partial charge in [-0.3, -0.25) is 0 Å². The van der Waals surface area contributed by atoms with Gasteiger partial charge in [-0.15, -0.1) is 48.0 Å². The molecule has 0 unspecified atom stereocenters. The monoisotopic (exact) mass is 1040 g/mol. The third kappa shape index (κ3) is 7.68. The van der Waals surface area contributed by atoms with E-state index < -0.39 is 0 Å². The Morgan fingerprint density at radius 2 is 1.12 bits per heavy atom. The zero-order valence-electron chi connectivity index (χ0n) is 39.2. The summed E-state index contributed by atoms with van der Waals surface area (Å²) in [5.41, 5.74) is 14.2. The van der Waals surface area contributed by atoms with Crippen molar-refractivity contribution in [2.24, 2.45) is 0 Å². The second kappa shape index (κ2) is 17.8. The van der Waals surface area contributed by atoms with Gasteiger partial charge in [-0.25, -0.2) is 4.98 Å². The first kappa shape index (κ1) is 38.3. The van der Waals surface area contributed by atoms with Crippen molar-refractivity contribution in [3.05, 3.63) is 249 Å². The quantitative estimate of drug-likeness (QED) is 0.135. The number of hydrogen-bond donors (Lipinski definition) is 0. The number of ether oxygens (including phenoxy) is 1. The van der Waals surface area contributed by atoms with E-state index in [4.69, 9.17) is 12.5 Å². The van der Waals surface area contributed by atoms with Crippen LogP contribution in [0.5, 0.6) is 11.5 Å². The van der Waals surface area contributed by atoms with Crippen LogP contribution in [0.4, 0.5) is 22.7 Å². The third-order valence-electron chi connectivity index (χ3n) is 12.3. The van der Waals surface area contributed by atoms with Crippen molar-refractivity contribution in [3.63, 3.8) is 0 Å². The summed E-state index contributed by atoms with van der Waals surface area (Å²) in [5.74, 6) is 1.07. The van der Waals surface area contributed by atoms with Crippen LogP contribution in [-0.4, -0.2) is 9.55 Å². The van der Waals surface area contributed by atoms with Crippen molar-refractivity contribution < 1.29 is 29.9 Å². The molecule has 2 aromatic heterocycles. The van der Waals surface area contributed by atoms with E-state index in [0.29, 0.717) is 5.75 Å². The van der Waals surface area contributed by atoms with Gasteiger partial charge in [-0.2, -0.15) is 12.1 Å². The van der Waals surface area contributed by atoms with Crippen LogP contribution in [0.15, 0.2) is 225 Å². The molecule has 0 aliphatic carbocycles. The van der Waals surface area contributed by atoms with E-state index in [1.165, 1.54) is 0 Å². The van der Waals surface area contributed by atoms with Crippen LogP contribution in [0, 0.1) is 25.7 Å². The molecule has 1 aliphatic heterocycles. The van der Waals surface area contributed by atoms with Gasteiger partial charge in [0.05, 0.1) is 0 Å². The van der Waals surface area contributed by atoms with Crippen LogP contribution in [-0.2, 0) is 21.1 Å². The van der Waals surface area contributed by atoms with E-state index in [9.17, 15) is 1.37 Å². The van der Waals surface area contributed by atoms with Crippen molar-refractivity contribution >= 4 is 44.6 Å². The van der Waals surface area contributed by atoms with Crippen LogP contribution in [0.1, 0.15) is 9.68 Å². The number of anilines is 4. The molecule has 0 N–H and O–H groups in total. The fourth-order valence-corrected chi connectivity index (χ4v) is 9.19. The number of rotatable bonds is 9. The fraction of sp³-hybridized carbons (Fsp3) is 0.0164. The summed E-state index contributed by atoms with van der Waals surface area (Å²) in [5, 5.41) is 1.98. The van der Waals surface area contributed by atoms with Gasteiger partial charge in [0.1, 0.15) is 5.82 Å². The van der Waals surface area contributed by atoms with Crippen LogP contribution in [0.3, 0.4) is 0 Å². The molecule has 0 saturated carbocycles. The van der Waals surface area contributed by atoms with Gasteiger partial charge >= 0.3 is 0 Å². The molecule has 67 heavy (non-hydrogen) atoms. The number of nitrogens with zero attached hydrogens (tertiary/aromatic N) is 4. The number of hydrogen-bond acceptors (Lipinski definition) is 4. The summed E-state index contributed by atoms with van der Waals surface area (Å²) in [4.78, 5) is 9.07. The van der Waals surface area contributed by atoms with Gasteiger partial charge in [0.25, 0.3) is 0 Å². The summed E-state index contributed by atoms with van der Waals surface area (Å²) in [6, 6.07) is 74.2. The molecule has 0 spiro atoms. The molecule has 3 heterocycles. The molecule has 0 amide bonds. The van der Waals surface area contributed by atoms with E-state index in [0.717, 1.165) is 94.8 Å². The number of fused-ring (bicyclic) bond motifs is 4. The van der Waals surface area contributed by atoms with E-state index in [1.807, 2.05) is 121 Å². The number of para-hydroxylation sites is 3. The van der Waals surface area contributed by atoms with Gasteiger partial charge < -0.3 is 19.1 Å². The molecule has 9 aromatic carbocycles. The molecule has 5 nitrogen and oxygen atoms in total. The van der Waals surface area contributed by atoms with Gasteiger partial charge in [0.15, 0.2) is 0 Å². The Balaban J connectivity index is 0.00000533. The van der Waals surface area contributed by atoms with Gasteiger partial charge in [0, 0.05) is 79.4 Å². The number of pyridine rings is 1. The van der Waals surface area contributed by atoms with Crippen molar-refractivity contribution in [3.8, 4) is 61.8 Å². The summed E-state index contributed by atoms with van der Waals surface area (Å²) in [6.07, 6.45) is 1.93. The second-order valence-corrected chi connectivity index (χ2v) is 16.3. The Hall–Kier alpha value is -7.98. The first-order valence-corrected chi connectivity index (χ1v) is 22.0. The van der Waals surface area contributed by atoms with Crippen molar-refractivity contribution in [2.45, 2.75) is 6.92 Å². The molecule has 0 fully saturated rings. The van der Waals surface area contributed by atoms with Crippen LogP contribution in [0.25, 0.3) is 72.1 Å². The minimum absolute atomic E-state index is 0. The normalized spacial score (nSPS) is 12.6. The van der Waals surface area contributed by atoms with E-state index in [2.05, 4.69) is 126 Å². The molecular weight excluding hydrogens is 1000 g/mol. The second-order valence-electron chi connectivity index (χ2n) is 16.3. The molecule has 0 bridgehead atoms. The summed E-state index contributed by atoms with van der Waals surface area (Å²) >= 11 is 0. The molecular formula is C61H41N4OPt-3. The molecule has 12 rings (SSSR count). The topological polar surface area (TPSA) is 33.5 Å². The Morgan fingerprint density at radius 1 is 0.522 bits per heavy atom. The van der Waals surface area contributed by atoms with Crippen molar-refractivity contribution in [2.75, 3.05) is 9.80 Å². The third-order valence-corrected chi connectivity index (χ3v) is 12.3. The molecule has 0 radical (unpaired) electrons. The Bertz CT molecular complexity index is 3680. The first-order valence-electron chi connectivity index (χ1n) is 23.5. The predicted octanol–water partition coefficient (Wildman–Crippen LogP) is 16.0. The Morgan fingerprint density at radius 3 is 1.76 bits per heavy atom. The zero-order chi connectivity index (χ0) is 46.6. The molecule has 1 aliphatic rings. The summed E-state index contributed by atoms with van der Waals surface area (Å²) in [7, 11) is 0. The molecule has 11 aromatic rings. The molecule has 0 saturated heterocycles. The maximum atomic E-state index is 9.31. The maximum Gasteiger partial charge on any atom is 0.135 e. The van der Waals surface area contributed by atoms with Crippen LogP contribution < -0.4 is 14.5 Å². The van der Waals surface area contributed by atoms with E-state index in [1.54, 1.807) is 0 Å². The average molecular weight is 1040 g/mol. The predicted molar refractivity (Wildman–Crippen MR) is 271 cm³/mol. The maximum absolute atomic E-state index is 9.31. The number of benzene rings is 9. The van der Waals surface area contributed by atoms with Gasteiger partial charge in [-0.05, 0) is 72.7 Å². The molecule has 6 heteroatoms. The summed E-state index contributed by atoms with van der Waals surface area (Å²) < 4.78 is 36.3. The Kier molecular flexibility index (Phi) is 10.2. The largest absolute Gasteiger partial charge is 0.509 e. The van der Waals surface area contributed by atoms with Crippen LogP contribution in [0.2, 0.25) is 0 Å². The minimum atomic E-state index is -0.278. The standard InChI is InChI=1S/C61H41N4O.Pt/c1-42-36-60(62-40-55(42)46-24-12-5-13-25-46)65-56-35-32-47(43-18-6-2-7-19-43)37-54(56)53-34-33-50(39-59(53)65)66-49-27-16-26-48(38-49)63-41-64(58-31-15-14-30-57(58)63)61-51(44-20-8-3-9-21-44)28-17-29-52(61)45-22-10-4-11-23-45;/h2-37,40-41H,1H3;/q-3;/i16D,26D,27D;. The van der Waals surface area contributed by atoms with Gasteiger partial charge in [-0.1, -0.05) is 169 Å².